The van der Waals surface area contributed by atoms with Gasteiger partial charge in [-0.2, -0.15) is 13.2 Å². The van der Waals surface area contributed by atoms with Crippen molar-refractivity contribution in [2.75, 3.05) is 24.3 Å². The lowest BCUT2D eigenvalue weighted by molar-refractivity contribution is -0.138. The monoisotopic (exact) mass is 373 g/mol. The summed E-state index contributed by atoms with van der Waals surface area (Å²) in [5.41, 5.74) is -0.589. The first-order chi connectivity index (χ1) is 11.6. The Kier molecular flexibility index (Phi) is 5.42. The van der Waals surface area contributed by atoms with E-state index in [9.17, 15) is 22.8 Å². The molecule has 1 aromatic heterocycles. The van der Waals surface area contributed by atoms with E-state index in [0.29, 0.717) is 22.5 Å². The molecule has 25 heavy (non-hydrogen) atoms. The molecule has 0 spiro atoms. The number of hydrogen-bond donors (Lipinski definition) is 1. The van der Waals surface area contributed by atoms with Crippen LogP contribution in [0.5, 0.6) is 0 Å². The topological polar surface area (TPSA) is 54.3 Å². The van der Waals surface area contributed by atoms with Gasteiger partial charge in [-0.15, -0.1) is 0 Å². The van der Waals surface area contributed by atoms with E-state index < -0.39 is 34.8 Å². The predicted octanol–water partition coefficient (Wildman–Crippen LogP) is 3.23. The summed E-state index contributed by atoms with van der Waals surface area (Å²) in [6, 6.07) is 7.37. The molecule has 0 unspecified atom stereocenters. The van der Waals surface area contributed by atoms with Gasteiger partial charge in [-0.3, -0.25) is 9.59 Å². The van der Waals surface area contributed by atoms with Gasteiger partial charge in [-0.05, 0) is 30.3 Å². The summed E-state index contributed by atoms with van der Waals surface area (Å²) >= 11 is 5.55. The fraction of sp³-hybridized carbons (Fsp3) is 0.250. The van der Waals surface area contributed by atoms with Crippen LogP contribution in [0.25, 0.3) is 0 Å². The van der Waals surface area contributed by atoms with E-state index in [0.717, 1.165) is 5.69 Å². The Labute approximate surface area is 146 Å². The van der Waals surface area contributed by atoms with Crippen molar-refractivity contribution in [3.8, 4) is 0 Å². The van der Waals surface area contributed by atoms with Crippen LogP contribution in [0.1, 0.15) is 5.56 Å². The van der Waals surface area contributed by atoms with Crippen LogP contribution in [0, 0.1) is 0 Å². The summed E-state index contributed by atoms with van der Waals surface area (Å²) in [6.45, 7) is -0.585. The van der Waals surface area contributed by atoms with Gasteiger partial charge in [0.15, 0.2) is 0 Å². The number of carbonyl (C=O) groups is 1. The summed E-state index contributed by atoms with van der Waals surface area (Å²) in [4.78, 5) is 25.7. The van der Waals surface area contributed by atoms with E-state index in [-0.39, 0.29) is 0 Å². The fourth-order valence-electron chi connectivity index (χ4n) is 2.07. The highest BCUT2D eigenvalue weighted by Gasteiger charge is 2.32. The lowest BCUT2D eigenvalue weighted by Gasteiger charge is -2.14. The number of amides is 1. The molecule has 2 rings (SSSR count). The summed E-state index contributed by atoms with van der Waals surface area (Å²) in [5, 5.41) is 1.92. The predicted molar refractivity (Wildman–Crippen MR) is 90.1 cm³/mol. The van der Waals surface area contributed by atoms with E-state index in [1.165, 1.54) is 0 Å². The highest BCUT2D eigenvalue weighted by molar-refractivity contribution is 6.30. The second kappa shape index (κ2) is 7.18. The molecule has 1 amide bonds. The van der Waals surface area contributed by atoms with Crippen LogP contribution in [0.4, 0.5) is 24.5 Å². The smallest absolute Gasteiger partial charge is 0.378 e. The molecule has 0 aliphatic carbocycles. The SMILES string of the molecule is CN(C)c1ccc(NC(=O)Cn2cc(C(F)(F)F)cc(Cl)c2=O)cc1. The molecular formula is C16H15ClF3N3O2. The lowest BCUT2D eigenvalue weighted by atomic mass is 10.2. The largest absolute Gasteiger partial charge is 0.417 e. The van der Waals surface area contributed by atoms with Crippen molar-refractivity contribution in [3.63, 3.8) is 0 Å². The van der Waals surface area contributed by atoms with Gasteiger partial charge < -0.3 is 14.8 Å². The number of nitrogens with zero attached hydrogens (tertiary/aromatic N) is 2. The third kappa shape index (κ3) is 4.76. The average molecular weight is 374 g/mol. The van der Waals surface area contributed by atoms with E-state index in [1.807, 2.05) is 19.0 Å². The number of anilines is 2. The molecule has 0 fully saturated rings. The summed E-state index contributed by atoms with van der Waals surface area (Å²) in [6.07, 6.45) is -4.10. The fourth-order valence-corrected chi connectivity index (χ4v) is 2.30. The first-order valence-electron chi connectivity index (χ1n) is 7.12. The van der Waals surface area contributed by atoms with Gasteiger partial charge in [0.2, 0.25) is 5.91 Å². The van der Waals surface area contributed by atoms with Crippen LogP contribution >= 0.6 is 11.6 Å². The molecule has 0 saturated heterocycles. The van der Waals surface area contributed by atoms with Crippen LogP contribution in [0.15, 0.2) is 41.3 Å². The minimum Gasteiger partial charge on any atom is -0.378 e. The molecular weight excluding hydrogens is 359 g/mol. The van der Waals surface area contributed by atoms with E-state index in [4.69, 9.17) is 11.6 Å². The zero-order valence-corrected chi connectivity index (χ0v) is 14.1. The molecule has 0 saturated carbocycles. The quantitative estimate of drug-likeness (QED) is 0.895. The Balaban J connectivity index is 2.17. The second-order valence-electron chi connectivity index (χ2n) is 5.50. The maximum absolute atomic E-state index is 12.8. The Morgan fingerprint density at radius 3 is 2.36 bits per heavy atom. The number of alkyl halides is 3. The first-order valence-corrected chi connectivity index (χ1v) is 7.50. The molecule has 1 heterocycles. The molecule has 0 bridgehead atoms. The van der Waals surface area contributed by atoms with Gasteiger partial charge in [0.25, 0.3) is 5.56 Å². The highest BCUT2D eigenvalue weighted by Crippen LogP contribution is 2.29. The highest BCUT2D eigenvalue weighted by atomic mass is 35.5. The summed E-state index contributed by atoms with van der Waals surface area (Å²) in [5.74, 6) is -0.643. The maximum atomic E-state index is 12.8. The Morgan fingerprint density at radius 2 is 1.84 bits per heavy atom. The molecule has 134 valence electrons. The molecule has 1 aromatic carbocycles. The summed E-state index contributed by atoms with van der Waals surface area (Å²) < 4.78 is 39.0. The lowest BCUT2D eigenvalue weighted by Crippen LogP contribution is -2.29. The Hall–Kier alpha value is -2.48. The van der Waals surface area contributed by atoms with Gasteiger partial charge >= 0.3 is 6.18 Å². The molecule has 1 N–H and O–H groups in total. The Morgan fingerprint density at radius 1 is 1.24 bits per heavy atom. The van der Waals surface area contributed by atoms with Crippen molar-refractivity contribution in [1.29, 1.82) is 0 Å². The number of hydrogen-bond acceptors (Lipinski definition) is 3. The standard InChI is InChI=1S/C16H15ClF3N3O2/c1-22(2)12-5-3-11(4-6-12)21-14(24)9-23-8-10(16(18,19)20)7-13(17)15(23)25/h3-8H,9H2,1-2H3,(H,21,24). The third-order valence-electron chi connectivity index (χ3n) is 3.35. The molecule has 0 aliphatic heterocycles. The van der Waals surface area contributed by atoms with Crippen LogP contribution in [-0.4, -0.2) is 24.6 Å². The van der Waals surface area contributed by atoms with Crippen LogP contribution in [0.2, 0.25) is 5.02 Å². The minimum atomic E-state index is -4.67. The van der Waals surface area contributed by atoms with Gasteiger partial charge in [0, 0.05) is 31.7 Å². The molecule has 0 aliphatic rings. The zero-order chi connectivity index (χ0) is 18.8. The second-order valence-corrected chi connectivity index (χ2v) is 5.90. The van der Waals surface area contributed by atoms with Gasteiger partial charge in [0.05, 0.1) is 5.56 Å². The number of aromatic nitrogens is 1. The molecule has 2 aromatic rings. The average Bonchev–Trinajstić information content (AvgIpc) is 2.51. The normalized spacial score (nSPS) is 11.3. The van der Waals surface area contributed by atoms with Crippen LogP contribution < -0.4 is 15.8 Å². The number of nitrogens with one attached hydrogen (secondary N) is 1. The maximum Gasteiger partial charge on any atom is 0.417 e. The first kappa shape index (κ1) is 18.9. The number of halogens is 4. The number of benzene rings is 1. The van der Waals surface area contributed by atoms with Crippen molar-refractivity contribution in [3.05, 3.63) is 57.5 Å². The van der Waals surface area contributed by atoms with Crippen molar-refractivity contribution in [2.24, 2.45) is 0 Å². The van der Waals surface area contributed by atoms with E-state index in [2.05, 4.69) is 5.32 Å². The van der Waals surface area contributed by atoms with Crippen LogP contribution in [0.3, 0.4) is 0 Å². The number of pyridine rings is 1. The van der Waals surface area contributed by atoms with E-state index in [1.54, 1.807) is 24.3 Å². The molecule has 0 radical (unpaired) electrons. The molecule has 0 atom stereocenters. The van der Waals surface area contributed by atoms with Crippen molar-refractivity contribution < 1.29 is 18.0 Å². The minimum absolute atomic E-state index is 0.460. The van der Waals surface area contributed by atoms with E-state index >= 15 is 0 Å². The molecule has 5 nitrogen and oxygen atoms in total. The van der Waals surface area contributed by atoms with Gasteiger partial charge in [-0.25, -0.2) is 0 Å². The van der Waals surface area contributed by atoms with Crippen molar-refractivity contribution >= 4 is 28.9 Å². The van der Waals surface area contributed by atoms with Gasteiger partial charge in [0.1, 0.15) is 11.6 Å². The summed E-state index contributed by atoms with van der Waals surface area (Å²) in [7, 11) is 3.72. The van der Waals surface area contributed by atoms with Crippen molar-refractivity contribution in [1.82, 2.24) is 4.57 Å². The zero-order valence-electron chi connectivity index (χ0n) is 13.4. The Bertz CT molecular complexity index is 830. The van der Waals surface area contributed by atoms with Crippen molar-refractivity contribution in [2.45, 2.75) is 12.7 Å². The number of rotatable bonds is 4. The van der Waals surface area contributed by atoms with Gasteiger partial charge in [-0.1, -0.05) is 11.6 Å². The molecule has 9 heteroatoms. The third-order valence-corrected chi connectivity index (χ3v) is 3.62. The number of carbonyl (C=O) groups excluding carboxylic acids is 1. The van der Waals surface area contributed by atoms with Crippen LogP contribution in [-0.2, 0) is 17.5 Å².